The Kier molecular flexibility index (Phi) is 8.46. The lowest BCUT2D eigenvalue weighted by Gasteiger charge is -2.37. The van der Waals surface area contributed by atoms with Crippen LogP contribution in [0.25, 0.3) is 0 Å². The molecule has 3 nitrogen and oxygen atoms in total. The second-order valence-corrected chi connectivity index (χ2v) is 8.94. The molecule has 0 fully saturated rings. The van der Waals surface area contributed by atoms with Crippen molar-refractivity contribution >= 4 is 28.9 Å². The van der Waals surface area contributed by atoms with Gasteiger partial charge >= 0.3 is 6.18 Å². The van der Waals surface area contributed by atoms with Crippen LogP contribution >= 0.6 is 11.6 Å². The van der Waals surface area contributed by atoms with Gasteiger partial charge in [0, 0.05) is 22.5 Å². The van der Waals surface area contributed by atoms with Gasteiger partial charge in [0.25, 0.3) is 11.6 Å². The Morgan fingerprint density at radius 1 is 1.06 bits per heavy atom. The second-order valence-electron chi connectivity index (χ2n) is 8.56. The molecule has 0 saturated heterocycles. The molecule has 9 heteroatoms. The van der Waals surface area contributed by atoms with Crippen molar-refractivity contribution in [3.63, 3.8) is 0 Å². The molecule has 0 bridgehead atoms. The third-order valence-corrected chi connectivity index (χ3v) is 6.05. The van der Waals surface area contributed by atoms with Crippen molar-refractivity contribution in [3.05, 3.63) is 75.6 Å². The molecular weight excluding hydrogens is 487 g/mol. The van der Waals surface area contributed by atoms with Crippen molar-refractivity contribution in [2.45, 2.75) is 65.0 Å². The molecule has 2 aromatic carbocycles. The van der Waals surface area contributed by atoms with E-state index in [0.29, 0.717) is 37.1 Å². The maximum absolute atomic E-state index is 15.4. The van der Waals surface area contributed by atoms with Crippen LogP contribution in [0.15, 0.2) is 47.8 Å². The van der Waals surface area contributed by atoms with Crippen LogP contribution in [0.3, 0.4) is 0 Å². The lowest BCUT2D eigenvalue weighted by atomic mass is 9.80. The van der Waals surface area contributed by atoms with Gasteiger partial charge in [0.15, 0.2) is 5.67 Å². The third kappa shape index (κ3) is 5.54. The molecule has 0 radical (unpaired) electrons. The monoisotopic (exact) mass is 514 g/mol. The minimum absolute atomic E-state index is 0.145. The highest BCUT2D eigenvalue weighted by Gasteiger charge is 2.66. The third-order valence-electron chi connectivity index (χ3n) is 5.82. The highest BCUT2D eigenvalue weighted by molar-refractivity contribution is 6.30. The van der Waals surface area contributed by atoms with Crippen LogP contribution in [0.1, 0.15) is 60.3 Å². The number of amides is 1. The van der Waals surface area contributed by atoms with E-state index in [1.54, 1.807) is 25.1 Å². The number of hydrogen-bond acceptors (Lipinski definition) is 2. The zero-order chi connectivity index (χ0) is 26.8. The number of nitrogens with one attached hydrogen (secondary N) is 2. The minimum Gasteiger partial charge on any atom is -0.339 e. The molecule has 190 valence electrons. The van der Waals surface area contributed by atoms with E-state index < -0.39 is 29.0 Å². The Morgan fingerprint density at radius 2 is 1.69 bits per heavy atom. The number of anilines is 2. The van der Waals surface area contributed by atoms with Crippen molar-refractivity contribution < 1.29 is 26.7 Å². The normalized spacial score (nSPS) is 13.6. The number of halogens is 6. The quantitative estimate of drug-likeness (QED) is 0.212. The lowest BCUT2D eigenvalue weighted by Crippen LogP contribution is -2.52. The predicted octanol–water partition coefficient (Wildman–Crippen LogP) is 8.12. The largest absolute Gasteiger partial charge is 0.429 e. The van der Waals surface area contributed by atoms with E-state index in [-0.39, 0.29) is 28.4 Å². The van der Waals surface area contributed by atoms with Crippen LogP contribution < -0.4 is 10.6 Å². The molecule has 1 atom stereocenters. The predicted molar refractivity (Wildman–Crippen MR) is 130 cm³/mol. The van der Waals surface area contributed by atoms with Gasteiger partial charge in [-0.05, 0) is 62.4 Å². The molecule has 1 amide bonds. The van der Waals surface area contributed by atoms with Gasteiger partial charge in [0.1, 0.15) is 5.16 Å². The summed E-state index contributed by atoms with van der Waals surface area (Å²) in [7, 11) is 0. The fourth-order valence-corrected chi connectivity index (χ4v) is 4.10. The Hall–Kier alpha value is -2.83. The fourth-order valence-electron chi connectivity index (χ4n) is 4.00. The van der Waals surface area contributed by atoms with E-state index >= 15 is 4.39 Å². The summed E-state index contributed by atoms with van der Waals surface area (Å²) in [5, 5.41) is 5.79. The summed E-state index contributed by atoms with van der Waals surface area (Å²) in [6.45, 7) is 9.49. The molecular formula is C26H28ClF5N2O. The first-order valence-electron chi connectivity index (χ1n) is 11.0. The summed E-state index contributed by atoms with van der Waals surface area (Å²) >= 11 is 5.96. The highest BCUT2D eigenvalue weighted by atomic mass is 35.5. The summed E-state index contributed by atoms with van der Waals surface area (Å²) in [4.78, 5) is 13.2. The van der Waals surface area contributed by atoms with Gasteiger partial charge in [0.05, 0.1) is 0 Å². The van der Waals surface area contributed by atoms with Gasteiger partial charge in [-0.1, -0.05) is 56.0 Å². The van der Waals surface area contributed by atoms with Gasteiger partial charge in [0.2, 0.25) is 0 Å². The second kappa shape index (κ2) is 10.4. The number of benzene rings is 2. The Bertz CT molecular complexity index is 1150. The van der Waals surface area contributed by atoms with Crippen molar-refractivity contribution in [1.29, 1.82) is 0 Å². The Morgan fingerprint density at radius 3 is 2.17 bits per heavy atom. The molecule has 35 heavy (non-hydrogen) atoms. The lowest BCUT2D eigenvalue weighted by molar-refractivity contribution is -0.274. The number of aryl methyl sites for hydroxylation is 2. The average molecular weight is 515 g/mol. The van der Waals surface area contributed by atoms with Gasteiger partial charge in [-0.3, -0.25) is 4.79 Å². The molecule has 0 saturated carbocycles. The van der Waals surface area contributed by atoms with Crippen LogP contribution in [0.5, 0.6) is 0 Å². The van der Waals surface area contributed by atoms with E-state index in [9.17, 15) is 22.4 Å². The van der Waals surface area contributed by atoms with E-state index in [0.717, 1.165) is 12.1 Å². The SMILES string of the molecule is C=C=C(Cl)Nc1cccc(C(=O)Nc2c(C)cc(C(F)(C(C)(C)F)C(F)(F)F)cc2CC)c1CC. The minimum atomic E-state index is -5.49. The van der Waals surface area contributed by atoms with Crippen molar-refractivity contribution in [3.8, 4) is 0 Å². The molecule has 0 aliphatic heterocycles. The maximum Gasteiger partial charge on any atom is 0.429 e. The van der Waals surface area contributed by atoms with Gasteiger partial charge in [-0.15, -0.1) is 0 Å². The highest BCUT2D eigenvalue weighted by Crippen LogP contribution is 2.52. The van der Waals surface area contributed by atoms with Crippen LogP contribution in [-0.4, -0.2) is 17.8 Å². The van der Waals surface area contributed by atoms with Crippen LogP contribution in [-0.2, 0) is 18.5 Å². The topological polar surface area (TPSA) is 41.1 Å². The molecule has 1 unspecified atom stereocenters. The Labute approximate surface area is 207 Å². The Balaban J connectivity index is 2.58. The van der Waals surface area contributed by atoms with E-state index in [1.165, 1.54) is 6.92 Å². The number of rotatable bonds is 8. The summed E-state index contributed by atoms with van der Waals surface area (Å²) in [5.74, 6) is -0.511. The number of alkyl halides is 5. The molecule has 2 N–H and O–H groups in total. The molecule has 2 aromatic rings. The van der Waals surface area contributed by atoms with Gasteiger partial charge in [-0.25, -0.2) is 8.78 Å². The van der Waals surface area contributed by atoms with E-state index in [2.05, 4.69) is 22.9 Å². The van der Waals surface area contributed by atoms with Gasteiger partial charge in [-0.2, -0.15) is 13.2 Å². The number of hydrogen-bond donors (Lipinski definition) is 2. The van der Waals surface area contributed by atoms with Crippen molar-refractivity contribution in [2.24, 2.45) is 0 Å². The molecule has 0 aliphatic carbocycles. The van der Waals surface area contributed by atoms with E-state index in [1.807, 2.05) is 6.92 Å². The van der Waals surface area contributed by atoms with E-state index in [4.69, 9.17) is 11.6 Å². The zero-order valence-electron chi connectivity index (χ0n) is 20.2. The average Bonchev–Trinajstić information content (AvgIpc) is 2.77. The molecule has 0 aromatic heterocycles. The van der Waals surface area contributed by atoms with Crippen molar-refractivity contribution in [1.82, 2.24) is 0 Å². The smallest absolute Gasteiger partial charge is 0.339 e. The van der Waals surface area contributed by atoms with Gasteiger partial charge < -0.3 is 10.6 Å². The first-order valence-corrected chi connectivity index (χ1v) is 11.3. The molecule has 0 spiro atoms. The summed E-state index contributed by atoms with van der Waals surface area (Å²) in [5.41, 5.74) is -3.63. The van der Waals surface area contributed by atoms with Crippen molar-refractivity contribution in [2.75, 3.05) is 10.6 Å². The van der Waals surface area contributed by atoms with Crippen LogP contribution in [0.4, 0.5) is 33.3 Å². The molecule has 0 aliphatic rings. The fraction of sp³-hybridized carbons (Fsp3) is 0.385. The number of carbonyl (C=O) groups excluding carboxylic acids is 1. The standard InChI is InChI=1S/C26H28ClF5N2O/c1-7-16-14-17(25(29,24(5,6)28)26(30,31)32)13-15(4)22(16)34-23(35)19-11-10-12-20(18(19)8-2)33-21(27)9-3/h10-14,33H,3,7-8H2,1-2,4-6H3,(H,34,35). The summed E-state index contributed by atoms with van der Waals surface area (Å²) < 4.78 is 71.1. The maximum atomic E-state index is 15.4. The van der Waals surface area contributed by atoms with Crippen LogP contribution in [0.2, 0.25) is 0 Å². The zero-order valence-corrected chi connectivity index (χ0v) is 20.9. The van der Waals surface area contributed by atoms with Crippen LogP contribution in [0, 0.1) is 6.92 Å². The number of carbonyl (C=O) groups is 1. The molecule has 2 rings (SSSR count). The summed E-state index contributed by atoms with van der Waals surface area (Å²) in [6.07, 6.45) is -4.85. The first-order chi connectivity index (χ1) is 16.1. The molecule has 0 heterocycles. The summed E-state index contributed by atoms with van der Waals surface area (Å²) in [6, 6.07) is 6.86. The first kappa shape index (κ1) is 28.4.